The van der Waals surface area contributed by atoms with Crippen LogP contribution in [0.15, 0.2) is 42.5 Å². The summed E-state index contributed by atoms with van der Waals surface area (Å²) in [7, 11) is 0. The van der Waals surface area contributed by atoms with Crippen LogP contribution in [0.25, 0.3) is 0 Å². The number of alkyl halides is 3. The summed E-state index contributed by atoms with van der Waals surface area (Å²) >= 11 is 1.07. The quantitative estimate of drug-likeness (QED) is 0.671. The van der Waals surface area contributed by atoms with Crippen LogP contribution in [0.1, 0.15) is 37.6 Å². The average molecular weight is 418 g/mol. The minimum Gasteiger partial charge on any atom is -0.312 e. The first-order valence-corrected chi connectivity index (χ1v) is 9.83. The molecule has 9 heteroatoms. The van der Waals surface area contributed by atoms with E-state index in [4.69, 9.17) is 0 Å². The Kier molecular flexibility index (Phi) is 5.33. The molecule has 5 nitrogen and oxygen atoms in total. The highest BCUT2D eigenvalue weighted by Gasteiger charge is 2.33. The summed E-state index contributed by atoms with van der Waals surface area (Å²) in [6.07, 6.45) is -3.58. The van der Waals surface area contributed by atoms with Crippen LogP contribution in [0.2, 0.25) is 0 Å². The smallest absolute Gasteiger partial charge is 0.312 e. The Labute approximate surface area is 169 Å². The highest BCUT2D eigenvalue weighted by molar-refractivity contribution is 7.15. The number of benzene rings is 2. The fraction of sp³-hybridized carbons (Fsp3) is 0.250. The zero-order valence-electron chi connectivity index (χ0n) is 15.2. The van der Waals surface area contributed by atoms with E-state index in [0.29, 0.717) is 10.6 Å². The second-order valence-electron chi connectivity index (χ2n) is 6.70. The van der Waals surface area contributed by atoms with Crippen LogP contribution in [0, 0.1) is 0 Å². The molecule has 0 unspecified atom stereocenters. The standard InChI is InChI=1S/C20H17F3N4OS/c21-20(22,23)16-4-2-1-3-13(16)10-17-26-27-19(29-17)25-18(28)14-5-6-15-11-24-8-7-12(15)9-14/h1-6,9,24H,7-8,10-11H2,(H,25,27,28). The summed E-state index contributed by atoms with van der Waals surface area (Å²) < 4.78 is 39.4. The number of rotatable bonds is 4. The lowest BCUT2D eigenvalue weighted by Crippen LogP contribution is -2.24. The van der Waals surface area contributed by atoms with Crippen LogP contribution in [0.3, 0.4) is 0 Å². The van der Waals surface area contributed by atoms with E-state index in [1.54, 1.807) is 12.1 Å². The van der Waals surface area contributed by atoms with Crippen LogP contribution in [0.4, 0.5) is 18.3 Å². The molecule has 150 valence electrons. The predicted octanol–water partition coefficient (Wildman–Crippen LogP) is 4.05. The van der Waals surface area contributed by atoms with Crippen molar-refractivity contribution in [2.45, 2.75) is 25.6 Å². The first-order chi connectivity index (χ1) is 13.9. The van der Waals surface area contributed by atoms with Gasteiger partial charge >= 0.3 is 6.18 Å². The Hall–Kier alpha value is -2.78. The molecule has 0 saturated carbocycles. The van der Waals surface area contributed by atoms with Crippen molar-refractivity contribution >= 4 is 22.4 Å². The van der Waals surface area contributed by atoms with E-state index in [1.165, 1.54) is 17.7 Å². The Bertz CT molecular complexity index is 1050. The van der Waals surface area contributed by atoms with Crippen molar-refractivity contribution in [3.63, 3.8) is 0 Å². The molecule has 2 N–H and O–H groups in total. The number of fused-ring (bicyclic) bond motifs is 1. The number of aromatic nitrogens is 2. The normalized spacial score (nSPS) is 13.8. The summed E-state index contributed by atoms with van der Waals surface area (Å²) in [6.45, 7) is 1.66. The number of amides is 1. The third-order valence-electron chi connectivity index (χ3n) is 4.71. The van der Waals surface area contributed by atoms with E-state index in [9.17, 15) is 18.0 Å². The van der Waals surface area contributed by atoms with Gasteiger partial charge in [0.05, 0.1) is 5.56 Å². The minimum absolute atomic E-state index is 0.00490. The molecule has 3 aromatic rings. The van der Waals surface area contributed by atoms with Crippen molar-refractivity contribution in [1.29, 1.82) is 0 Å². The Morgan fingerprint density at radius 1 is 1.14 bits per heavy atom. The lowest BCUT2D eigenvalue weighted by atomic mass is 9.98. The van der Waals surface area contributed by atoms with Gasteiger partial charge in [0, 0.05) is 18.5 Å². The number of carbonyl (C=O) groups is 1. The van der Waals surface area contributed by atoms with Gasteiger partial charge in [-0.1, -0.05) is 35.6 Å². The maximum Gasteiger partial charge on any atom is 0.416 e. The van der Waals surface area contributed by atoms with Gasteiger partial charge in [-0.3, -0.25) is 10.1 Å². The third kappa shape index (κ3) is 4.46. The van der Waals surface area contributed by atoms with Gasteiger partial charge in [-0.25, -0.2) is 0 Å². The van der Waals surface area contributed by atoms with Gasteiger partial charge in [0.2, 0.25) is 5.13 Å². The monoisotopic (exact) mass is 418 g/mol. The predicted molar refractivity (Wildman–Crippen MR) is 104 cm³/mol. The van der Waals surface area contributed by atoms with Crippen LogP contribution in [-0.4, -0.2) is 22.6 Å². The Balaban J connectivity index is 1.47. The van der Waals surface area contributed by atoms with Crippen molar-refractivity contribution in [3.8, 4) is 0 Å². The van der Waals surface area contributed by atoms with E-state index in [0.717, 1.165) is 42.5 Å². The van der Waals surface area contributed by atoms with Crippen LogP contribution in [0.5, 0.6) is 0 Å². The molecule has 0 saturated heterocycles. The molecule has 4 rings (SSSR count). The molecule has 2 heterocycles. The van der Waals surface area contributed by atoms with E-state index in [-0.39, 0.29) is 23.0 Å². The molecule has 0 spiro atoms. The van der Waals surface area contributed by atoms with E-state index < -0.39 is 11.7 Å². The molecule has 1 aromatic heterocycles. The van der Waals surface area contributed by atoms with Gasteiger partial charge in [0.1, 0.15) is 5.01 Å². The van der Waals surface area contributed by atoms with Gasteiger partial charge in [-0.05, 0) is 47.9 Å². The molecule has 2 aromatic carbocycles. The number of anilines is 1. The van der Waals surface area contributed by atoms with Crippen LogP contribution < -0.4 is 10.6 Å². The summed E-state index contributed by atoms with van der Waals surface area (Å²) in [5, 5.41) is 14.4. The summed E-state index contributed by atoms with van der Waals surface area (Å²) in [4.78, 5) is 12.5. The molecule has 0 bridgehead atoms. The van der Waals surface area contributed by atoms with Crippen molar-refractivity contribution < 1.29 is 18.0 Å². The lowest BCUT2D eigenvalue weighted by molar-refractivity contribution is -0.138. The van der Waals surface area contributed by atoms with Crippen molar-refractivity contribution in [2.24, 2.45) is 0 Å². The van der Waals surface area contributed by atoms with Gasteiger partial charge in [0.25, 0.3) is 5.91 Å². The zero-order valence-corrected chi connectivity index (χ0v) is 16.0. The topological polar surface area (TPSA) is 66.9 Å². The number of halogens is 3. The van der Waals surface area contributed by atoms with Crippen LogP contribution in [-0.2, 0) is 25.6 Å². The van der Waals surface area contributed by atoms with Gasteiger partial charge < -0.3 is 5.32 Å². The molecule has 0 aliphatic carbocycles. The maximum atomic E-state index is 13.1. The molecule has 0 radical (unpaired) electrons. The Morgan fingerprint density at radius 3 is 2.79 bits per heavy atom. The Morgan fingerprint density at radius 2 is 1.97 bits per heavy atom. The van der Waals surface area contributed by atoms with Gasteiger partial charge in [-0.15, -0.1) is 10.2 Å². The first kappa shape index (κ1) is 19.5. The fourth-order valence-electron chi connectivity index (χ4n) is 3.28. The first-order valence-electron chi connectivity index (χ1n) is 9.01. The molecule has 1 amide bonds. The second-order valence-corrected chi connectivity index (χ2v) is 7.76. The highest BCUT2D eigenvalue weighted by Crippen LogP contribution is 2.33. The van der Waals surface area contributed by atoms with E-state index in [2.05, 4.69) is 20.8 Å². The maximum absolute atomic E-state index is 13.1. The fourth-order valence-corrected chi connectivity index (χ4v) is 4.04. The number of nitrogens with zero attached hydrogens (tertiary/aromatic N) is 2. The zero-order chi connectivity index (χ0) is 20.4. The van der Waals surface area contributed by atoms with Crippen LogP contribution >= 0.6 is 11.3 Å². The highest BCUT2D eigenvalue weighted by atomic mass is 32.1. The SMILES string of the molecule is O=C(Nc1nnc(Cc2ccccc2C(F)(F)F)s1)c1ccc2c(c1)CCNC2. The number of carbonyl (C=O) groups excluding carboxylic acids is 1. The molecular weight excluding hydrogens is 401 g/mol. The third-order valence-corrected chi connectivity index (χ3v) is 5.55. The summed E-state index contributed by atoms with van der Waals surface area (Å²) in [6, 6.07) is 10.9. The summed E-state index contributed by atoms with van der Waals surface area (Å²) in [5.41, 5.74) is 2.26. The number of nitrogens with one attached hydrogen (secondary N) is 2. The van der Waals surface area contributed by atoms with E-state index >= 15 is 0 Å². The van der Waals surface area contributed by atoms with Crippen molar-refractivity contribution in [1.82, 2.24) is 15.5 Å². The minimum atomic E-state index is -4.43. The molecular formula is C20H17F3N4OS. The summed E-state index contributed by atoms with van der Waals surface area (Å²) in [5.74, 6) is -0.315. The molecule has 0 fully saturated rings. The number of hydrogen-bond donors (Lipinski definition) is 2. The lowest BCUT2D eigenvalue weighted by Gasteiger charge is -2.17. The molecule has 29 heavy (non-hydrogen) atoms. The van der Waals surface area contributed by atoms with Gasteiger partial charge in [-0.2, -0.15) is 13.2 Å². The van der Waals surface area contributed by atoms with Gasteiger partial charge in [0.15, 0.2) is 0 Å². The van der Waals surface area contributed by atoms with Crippen molar-refractivity contribution in [2.75, 3.05) is 11.9 Å². The molecule has 1 aliphatic rings. The van der Waals surface area contributed by atoms with Crippen molar-refractivity contribution in [3.05, 3.63) is 75.3 Å². The molecule has 0 atom stereocenters. The van der Waals surface area contributed by atoms with E-state index in [1.807, 2.05) is 12.1 Å². The number of hydrogen-bond acceptors (Lipinski definition) is 5. The molecule has 1 aliphatic heterocycles. The second kappa shape index (κ2) is 7.92. The largest absolute Gasteiger partial charge is 0.416 e. The average Bonchev–Trinajstić information content (AvgIpc) is 3.14.